The number of nitrogens with zero attached hydrogens (tertiary/aromatic N) is 1. The summed E-state index contributed by atoms with van der Waals surface area (Å²) in [6.45, 7) is 0.514. The van der Waals surface area contributed by atoms with Gasteiger partial charge in [-0.15, -0.1) is 0 Å². The van der Waals surface area contributed by atoms with Gasteiger partial charge in [0, 0.05) is 33.4 Å². The minimum Gasteiger partial charge on any atom is -0.361 e. The van der Waals surface area contributed by atoms with E-state index < -0.39 is 0 Å². The lowest BCUT2D eigenvalue weighted by Crippen LogP contribution is -2.31. The Morgan fingerprint density at radius 2 is 1.54 bits per heavy atom. The fourth-order valence-corrected chi connectivity index (χ4v) is 3.79. The van der Waals surface area contributed by atoms with Crippen molar-refractivity contribution in [3.05, 3.63) is 99.5 Å². The first-order valence-corrected chi connectivity index (χ1v) is 9.04. The zero-order valence-corrected chi connectivity index (χ0v) is 15.3. The Morgan fingerprint density at radius 3 is 2.27 bits per heavy atom. The first-order chi connectivity index (χ1) is 12.6. The van der Waals surface area contributed by atoms with Gasteiger partial charge in [0.05, 0.1) is 0 Å². The Morgan fingerprint density at radius 1 is 0.885 bits per heavy atom. The second-order valence-electron chi connectivity index (χ2n) is 6.21. The van der Waals surface area contributed by atoms with Crippen LogP contribution in [0.4, 0.5) is 5.69 Å². The first-order valence-electron chi connectivity index (χ1n) is 8.28. The molecule has 4 rings (SSSR count). The van der Waals surface area contributed by atoms with Crippen molar-refractivity contribution in [3.63, 3.8) is 0 Å². The molecule has 0 saturated heterocycles. The fraction of sp³-hybridized carbons (Fsp3) is 0.0952. The molecule has 1 aliphatic heterocycles. The van der Waals surface area contributed by atoms with E-state index in [1.165, 1.54) is 0 Å². The molecule has 130 valence electrons. The van der Waals surface area contributed by atoms with Crippen LogP contribution in [-0.4, -0.2) is 10.8 Å². The number of hydrogen-bond donors (Lipinski definition) is 1. The Bertz CT molecular complexity index is 939. The van der Waals surface area contributed by atoms with Gasteiger partial charge in [-0.25, -0.2) is 0 Å². The van der Waals surface area contributed by atoms with Crippen LogP contribution in [0.3, 0.4) is 0 Å². The molecule has 5 heteroatoms. The number of benzene rings is 3. The third kappa shape index (κ3) is 3.28. The van der Waals surface area contributed by atoms with E-state index >= 15 is 0 Å². The summed E-state index contributed by atoms with van der Waals surface area (Å²) in [7, 11) is 0. The van der Waals surface area contributed by atoms with Crippen molar-refractivity contribution in [2.24, 2.45) is 0 Å². The summed E-state index contributed by atoms with van der Waals surface area (Å²) in [6, 6.07) is 22.9. The zero-order valence-electron chi connectivity index (χ0n) is 13.8. The van der Waals surface area contributed by atoms with Gasteiger partial charge >= 0.3 is 0 Å². The average Bonchev–Trinajstić information content (AvgIpc) is 2.88. The molecule has 3 aromatic rings. The molecule has 0 saturated carbocycles. The van der Waals surface area contributed by atoms with Gasteiger partial charge < -0.3 is 10.2 Å². The fourth-order valence-electron chi connectivity index (χ4n) is 3.26. The molecule has 0 spiro atoms. The van der Waals surface area contributed by atoms with Gasteiger partial charge in [0.1, 0.15) is 6.17 Å². The number of nitrogens with one attached hydrogen (secondary N) is 1. The molecule has 0 radical (unpaired) electrons. The molecular formula is C21H16Cl2N2O. The van der Waals surface area contributed by atoms with Crippen molar-refractivity contribution >= 4 is 34.8 Å². The van der Waals surface area contributed by atoms with Crippen molar-refractivity contribution in [2.45, 2.75) is 12.7 Å². The van der Waals surface area contributed by atoms with Crippen molar-refractivity contribution in [1.82, 2.24) is 4.90 Å². The Labute approximate surface area is 162 Å². The number of anilines is 1. The lowest BCUT2D eigenvalue weighted by atomic mass is 10.1. The largest absolute Gasteiger partial charge is 0.361 e. The van der Waals surface area contributed by atoms with E-state index in [-0.39, 0.29) is 12.1 Å². The highest BCUT2D eigenvalue weighted by Gasteiger charge is 2.36. The predicted octanol–water partition coefficient (Wildman–Crippen LogP) is 5.76. The molecule has 0 aliphatic carbocycles. The van der Waals surface area contributed by atoms with Crippen molar-refractivity contribution < 1.29 is 4.79 Å². The summed E-state index contributed by atoms with van der Waals surface area (Å²) in [6.07, 6.45) is -0.284. The molecule has 1 heterocycles. The Kier molecular flexibility index (Phi) is 4.58. The monoisotopic (exact) mass is 382 g/mol. The van der Waals surface area contributed by atoms with Gasteiger partial charge in [-0.2, -0.15) is 0 Å². The molecule has 0 bridgehead atoms. The molecule has 1 N–H and O–H groups in total. The second kappa shape index (κ2) is 7.02. The smallest absolute Gasteiger partial charge is 0.256 e. The van der Waals surface area contributed by atoms with Gasteiger partial charge in [0.2, 0.25) is 0 Å². The second-order valence-corrected chi connectivity index (χ2v) is 7.08. The first kappa shape index (κ1) is 17.0. The number of halogens is 2. The summed E-state index contributed by atoms with van der Waals surface area (Å²) in [5.41, 5.74) is 3.51. The maximum Gasteiger partial charge on any atom is 0.256 e. The topological polar surface area (TPSA) is 32.3 Å². The Hall–Kier alpha value is -2.49. The maximum absolute atomic E-state index is 13.0. The molecule has 3 aromatic carbocycles. The summed E-state index contributed by atoms with van der Waals surface area (Å²) in [5, 5.41) is 4.51. The summed E-state index contributed by atoms with van der Waals surface area (Å²) >= 11 is 12.3. The summed E-state index contributed by atoms with van der Waals surface area (Å²) in [5.74, 6) is 0.00933. The highest BCUT2D eigenvalue weighted by molar-refractivity contribution is 6.35. The molecule has 1 aliphatic rings. The molecule has 1 atom stereocenters. The van der Waals surface area contributed by atoms with Crippen molar-refractivity contribution in [2.75, 3.05) is 5.32 Å². The molecule has 1 unspecified atom stereocenters. The van der Waals surface area contributed by atoms with Gasteiger partial charge in [0.25, 0.3) is 5.91 Å². The summed E-state index contributed by atoms with van der Waals surface area (Å²) in [4.78, 5) is 14.8. The maximum atomic E-state index is 13.0. The third-order valence-corrected chi connectivity index (χ3v) is 4.86. The minimum absolute atomic E-state index is 0.00933. The molecule has 0 fully saturated rings. The number of fused-ring (bicyclic) bond motifs is 1. The SMILES string of the molecule is O=C1c2ccccc2C(Nc2cc(Cl)cc(Cl)c2)N1Cc1ccccc1. The third-order valence-electron chi connectivity index (χ3n) is 4.42. The van der Waals surface area contributed by atoms with E-state index in [0.29, 0.717) is 22.2 Å². The van der Waals surface area contributed by atoms with E-state index in [0.717, 1.165) is 16.8 Å². The number of hydrogen-bond acceptors (Lipinski definition) is 2. The van der Waals surface area contributed by atoms with Gasteiger partial charge in [-0.3, -0.25) is 4.79 Å². The van der Waals surface area contributed by atoms with Crippen LogP contribution < -0.4 is 5.32 Å². The highest BCUT2D eigenvalue weighted by Crippen LogP contribution is 2.36. The standard InChI is InChI=1S/C21H16Cl2N2O/c22-15-10-16(23)12-17(11-15)24-20-18-8-4-5-9-19(18)21(26)25(20)13-14-6-2-1-3-7-14/h1-12,20,24H,13H2. The molecule has 1 amide bonds. The minimum atomic E-state index is -0.284. The normalized spacial score (nSPS) is 15.8. The van der Waals surface area contributed by atoms with Crippen LogP contribution in [0.15, 0.2) is 72.8 Å². The van der Waals surface area contributed by atoms with Crippen LogP contribution in [-0.2, 0) is 6.54 Å². The van der Waals surface area contributed by atoms with Gasteiger partial charge in [-0.05, 0) is 29.8 Å². The number of carbonyl (C=O) groups excluding carboxylic acids is 1. The molecule has 3 nitrogen and oxygen atoms in total. The van der Waals surface area contributed by atoms with Gasteiger partial charge in [-0.1, -0.05) is 71.7 Å². The lowest BCUT2D eigenvalue weighted by molar-refractivity contribution is 0.0729. The zero-order chi connectivity index (χ0) is 18.1. The average molecular weight is 383 g/mol. The number of carbonyl (C=O) groups is 1. The molecule has 0 aromatic heterocycles. The summed E-state index contributed by atoms with van der Waals surface area (Å²) < 4.78 is 0. The quantitative estimate of drug-likeness (QED) is 0.621. The van der Waals surface area contributed by atoms with Crippen LogP contribution in [0.5, 0.6) is 0 Å². The highest BCUT2D eigenvalue weighted by atomic mass is 35.5. The van der Waals surface area contributed by atoms with Crippen molar-refractivity contribution in [3.8, 4) is 0 Å². The van der Waals surface area contributed by atoms with E-state index in [2.05, 4.69) is 5.32 Å². The van der Waals surface area contributed by atoms with E-state index in [4.69, 9.17) is 23.2 Å². The van der Waals surface area contributed by atoms with Crippen LogP contribution in [0, 0.1) is 0 Å². The van der Waals surface area contributed by atoms with E-state index in [1.54, 1.807) is 18.2 Å². The number of amides is 1. The molecule has 26 heavy (non-hydrogen) atoms. The molecular weight excluding hydrogens is 367 g/mol. The van der Waals surface area contributed by atoms with E-state index in [9.17, 15) is 4.79 Å². The van der Waals surface area contributed by atoms with Gasteiger partial charge in [0.15, 0.2) is 0 Å². The van der Waals surface area contributed by atoms with Crippen LogP contribution in [0.25, 0.3) is 0 Å². The number of rotatable bonds is 4. The lowest BCUT2D eigenvalue weighted by Gasteiger charge is -2.27. The van der Waals surface area contributed by atoms with Crippen LogP contribution in [0.2, 0.25) is 10.0 Å². The Balaban J connectivity index is 1.71. The van der Waals surface area contributed by atoms with Crippen molar-refractivity contribution in [1.29, 1.82) is 0 Å². The van der Waals surface area contributed by atoms with Crippen LogP contribution in [0.1, 0.15) is 27.7 Å². The van der Waals surface area contributed by atoms with E-state index in [1.807, 2.05) is 59.5 Å². The predicted molar refractivity (Wildman–Crippen MR) is 106 cm³/mol. The van der Waals surface area contributed by atoms with Crippen LogP contribution >= 0.6 is 23.2 Å².